The number of piperazine rings is 1. The molecule has 2 aliphatic heterocycles. The SMILES string of the molecule is Cc1cc(S(=O)(=O)Nc2ccc(C#Cc3cccc(-c4c(C(=O)NCCCN5CCN(C)CC5)c(C)n(C)c4-c4ccc(Cl)cc4)c3)cc2)ccc1N[C@H](CCN1CCOCC1)CSc1ccccc1. The molecule has 0 unspecified atom stereocenters. The van der Waals surface area contributed by atoms with E-state index in [1.807, 2.05) is 105 Å². The van der Waals surface area contributed by atoms with Gasteiger partial charge in [0.2, 0.25) is 0 Å². The predicted molar refractivity (Wildman–Crippen MR) is 288 cm³/mol. The highest BCUT2D eigenvalue weighted by atomic mass is 35.5. The number of sulfonamides is 1. The normalized spacial score (nSPS) is 15.2. The third-order valence-electron chi connectivity index (χ3n) is 13.2. The Kier molecular flexibility index (Phi) is 17.4. The number of nitrogens with zero attached hydrogens (tertiary/aromatic N) is 4. The summed E-state index contributed by atoms with van der Waals surface area (Å²) in [6, 6.07) is 38.6. The van der Waals surface area contributed by atoms with Crippen molar-refractivity contribution in [1.29, 1.82) is 0 Å². The zero-order valence-corrected chi connectivity index (χ0v) is 43.0. The number of hydrogen-bond acceptors (Lipinski definition) is 9. The van der Waals surface area contributed by atoms with E-state index >= 15 is 0 Å². The van der Waals surface area contributed by atoms with Crippen molar-refractivity contribution in [1.82, 2.24) is 24.6 Å². The minimum atomic E-state index is -3.88. The number of rotatable bonds is 18. The Morgan fingerprint density at radius 3 is 2.21 bits per heavy atom. The predicted octanol–water partition coefficient (Wildman–Crippen LogP) is 9.49. The number of aryl methyl sites for hydroxylation is 1. The highest BCUT2D eigenvalue weighted by Gasteiger charge is 2.26. The molecule has 1 aromatic heterocycles. The van der Waals surface area contributed by atoms with E-state index in [1.54, 1.807) is 24.3 Å². The number of benzene rings is 5. The standard InChI is InChI=1S/C56H64ClN7O4S2/c1-41-38-51(24-25-52(41)59-49(26-29-64-34-36-68-37-35-64)40-69-50-12-6-5-7-13-50)70(66,67)60-48-22-16-43(17-23-48)14-15-44-10-8-11-46(39-44)54-53(42(2)62(4)55(54)45-18-20-47(57)21-19-45)56(65)58-27-9-28-63-32-30-61(3)31-33-63/h5-8,10-13,16-25,38-39,49,59-60H,9,26-37,40H2,1-4H3,(H,58,65)/t49-/m1/s1. The number of likely N-dealkylation sites (N-methyl/N-ethyl adjacent to an activating group) is 1. The van der Waals surface area contributed by atoms with Crippen LogP contribution in [0.4, 0.5) is 11.4 Å². The van der Waals surface area contributed by atoms with Crippen molar-refractivity contribution in [2.75, 3.05) is 95.0 Å². The molecule has 2 fully saturated rings. The van der Waals surface area contributed by atoms with Crippen LogP contribution in [0, 0.1) is 25.7 Å². The molecule has 11 nitrogen and oxygen atoms in total. The number of carbonyl (C=O) groups excluding carboxylic acids is 1. The Morgan fingerprint density at radius 1 is 0.771 bits per heavy atom. The van der Waals surface area contributed by atoms with Crippen molar-refractivity contribution in [3.05, 3.63) is 154 Å². The lowest BCUT2D eigenvalue weighted by molar-refractivity contribution is 0.0370. The van der Waals surface area contributed by atoms with E-state index in [0.29, 0.717) is 22.8 Å². The van der Waals surface area contributed by atoms with Gasteiger partial charge in [-0.05, 0) is 136 Å². The van der Waals surface area contributed by atoms with Gasteiger partial charge in [-0.25, -0.2) is 8.42 Å². The summed E-state index contributed by atoms with van der Waals surface area (Å²) in [5.41, 5.74) is 8.78. The monoisotopic (exact) mass is 997 g/mol. The fourth-order valence-electron chi connectivity index (χ4n) is 8.96. The molecule has 8 rings (SSSR count). The van der Waals surface area contributed by atoms with Crippen LogP contribution in [0.5, 0.6) is 0 Å². The van der Waals surface area contributed by atoms with E-state index in [4.69, 9.17) is 16.3 Å². The van der Waals surface area contributed by atoms with Gasteiger partial charge in [0.05, 0.1) is 29.4 Å². The van der Waals surface area contributed by atoms with Gasteiger partial charge in [0.25, 0.3) is 15.9 Å². The van der Waals surface area contributed by atoms with Gasteiger partial charge in [-0.15, -0.1) is 11.8 Å². The van der Waals surface area contributed by atoms with E-state index in [0.717, 1.165) is 135 Å². The average Bonchev–Trinajstić information content (AvgIpc) is 3.64. The number of aromatic nitrogens is 1. The molecular formula is C56H64ClN7O4S2. The fraction of sp³-hybridized carbons (Fsp3) is 0.339. The summed E-state index contributed by atoms with van der Waals surface area (Å²) in [4.78, 5) is 22.8. The van der Waals surface area contributed by atoms with Crippen molar-refractivity contribution >= 4 is 50.7 Å². The molecule has 366 valence electrons. The lowest BCUT2D eigenvalue weighted by atomic mass is 9.95. The Labute approximate surface area is 424 Å². The second-order valence-electron chi connectivity index (χ2n) is 18.2. The van der Waals surface area contributed by atoms with Crippen LogP contribution in [0.2, 0.25) is 5.02 Å². The van der Waals surface area contributed by atoms with Crippen LogP contribution in [0.15, 0.2) is 131 Å². The molecule has 3 heterocycles. The molecule has 0 spiro atoms. The van der Waals surface area contributed by atoms with Gasteiger partial charge in [0, 0.05) is 115 Å². The minimum Gasteiger partial charge on any atom is -0.381 e. The van der Waals surface area contributed by atoms with Crippen LogP contribution < -0.4 is 15.4 Å². The topological polar surface area (TPSA) is 111 Å². The summed E-state index contributed by atoms with van der Waals surface area (Å²) in [6.45, 7) is 14.0. The summed E-state index contributed by atoms with van der Waals surface area (Å²) >= 11 is 8.15. The first-order chi connectivity index (χ1) is 33.9. The molecule has 1 atom stereocenters. The molecule has 2 aliphatic rings. The molecule has 14 heteroatoms. The first kappa shape index (κ1) is 50.8. The van der Waals surface area contributed by atoms with Crippen LogP contribution in [0.3, 0.4) is 0 Å². The minimum absolute atomic E-state index is 0.105. The number of thioether (sulfide) groups is 1. The molecular weight excluding hydrogens is 934 g/mol. The number of ether oxygens (including phenoxy) is 1. The molecule has 3 N–H and O–H groups in total. The Bertz CT molecular complexity index is 2890. The van der Waals surface area contributed by atoms with Gasteiger partial charge in [0.15, 0.2) is 0 Å². The van der Waals surface area contributed by atoms with Crippen molar-refractivity contribution in [3.8, 4) is 34.2 Å². The molecule has 2 saturated heterocycles. The van der Waals surface area contributed by atoms with Crippen molar-refractivity contribution in [3.63, 3.8) is 0 Å². The van der Waals surface area contributed by atoms with Crippen LogP contribution >= 0.6 is 23.4 Å². The van der Waals surface area contributed by atoms with E-state index in [-0.39, 0.29) is 16.8 Å². The van der Waals surface area contributed by atoms with Gasteiger partial charge in [-0.2, -0.15) is 0 Å². The van der Waals surface area contributed by atoms with Gasteiger partial charge in [-0.1, -0.05) is 65.9 Å². The summed E-state index contributed by atoms with van der Waals surface area (Å²) in [5, 5.41) is 7.61. The fourth-order valence-corrected chi connectivity index (χ4v) is 11.2. The largest absolute Gasteiger partial charge is 0.381 e. The molecule has 1 amide bonds. The number of carbonyl (C=O) groups is 1. The van der Waals surface area contributed by atoms with Gasteiger partial charge in [-0.3, -0.25) is 14.4 Å². The molecule has 70 heavy (non-hydrogen) atoms. The maximum absolute atomic E-state index is 14.1. The summed E-state index contributed by atoms with van der Waals surface area (Å²) in [7, 11) is 0.272. The van der Waals surface area contributed by atoms with Crippen LogP contribution in [0.1, 0.15) is 45.6 Å². The van der Waals surface area contributed by atoms with Crippen LogP contribution in [-0.2, 0) is 21.8 Å². The quantitative estimate of drug-likeness (QED) is 0.0441. The highest BCUT2D eigenvalue weighted by molar-refractivity contribution is 7.99. The molecule has 6 aromatic rings. The number of hydrogen-bond donors (Lipinski definition) is 3. The van der Waals surface area contributed by atoms with Crippen molar-refractivity contribution in [2.24, 2.45) is 7.05 Å². The number of amides is 1. The Balaban J connectivity index is 0.942. The highest BCUT2D eigenvalue weighted by Crippen LogP contribution is 2.39. The number of halogens is 1. The first-order valence-corrected chi connectivity index (χ1v) is 27.0. The second-order valence-corrected chi connectivity index (χ2v) is 21.4. The van der Waals surface area contributed by atoms with Crippen LogP contribution in [-0.4, -0.2) is 125 Å². The Hall–Kier alpha value is -5.56. The number of morpholine rings is 1. The molecule has 0 radical (unpaired) electrons. The number of anilines is 2. The summed E-state index contributed by atoms with van der Waals surface area (Å²) < 4.78 is 37.8. The second kappa shape index (κ2) is 24.0. The van der Waals surface area contributed by atoms with Crippen molar-refractivity contribution in [2.45, 2.75) is 42.5 Å². The molecule has 5 aromatic carbocycles. The van der Waals surface area contributed by atoms with E-state index in [9.17, 15) is 13.2 Å². The third kappa shape index (κ3) is 13.4. The number of nitrogens with one attached hydrogen (secondary N) is 3. The third-order valence-corrected chi connectivity index (χ3v) is 16.0. The molecule has 0 aliphatic carbocycles. The Morgan fingerprint density at radius 2 is 1.49 bits per heavy atom. The zero-order chi connectivity index (χ0) is 49.0. The van der Waals surface area contributed by atoms with Crippen molar-refractivity contribution < 1.29 is 17.9 Å². The molecule has 0 bridgehead atoms. The van der Waals surface area contributed by atoms with E-state index < -0.39 is 10.0 Å². The van der Waals surface area contributed by atoms with E-state index in [2.05, 4.69) is 77.8 Å². The molecule has 0 saturated carbocycles. The summed E-state index contributed by atoms with van der Waals surface area (Å²) in [5.74, 6) is 7.33. The van der Waals surface area contributed by atoms with Crippen LogP contribution in [0.25, 0.3) is 22.4 Å². The van der Waals surface area contributed by atoms with Gasteiger partial charge < -0.3 is 29.7 Å². The maximum Gasteiger partial charge on any atom is 0.261 e. The zero-order valence-electron chi connectivity index (χ0n) is 40.6. The lowest BCUT2D eigenvalue weighted by Crippen LogP contribution is -2.45. The van der Waals surface area contributed by atoms with Gasteiger partial charge >= 0.3 is 0 Å². The smallest absolute Gasteiger partial charge is 0.261 e. The average molecular weight is 999 g/mol. The van der Waals surface area contributed by atoms with Gasteiger partial charge in [0.1, 0.15) is 0 Å². The van der Waals surface area contributed by atoms with E-state index in [1.165, 1.54) is 4.90 Å². The maximum atomic E-state index is 14.1. The first-order valence-electron chi connectivity index (χ1n) is 24.1. The summed E-state index contributed by atoms with van der Waals surface area (Å²) in [6.07, 6.45) is 1.82. The lowest BCUT2D eigenvalue weighted by Gasteiger charge is -2.32.